The molecule has 0 unspecified atom stereocenters. The lowest BCUT2D eigenvalue weighted by molar-refractivity contribution is -0.137. The van der Waals surface area contributed by atoms with Gasteiger partial charge in [0.15, 0.2) is 0 Å². The van der Waals surface area contributed by atoms with Gasteiger partial charge in [-0.1, -0.05) is 48.5 Å². The minimum absolute atomic E-state index is 0.137. The number of alkyl halides is 3. The van der Waals surface area contributed by atoms with Crippen molar-refractivity contribution in [2.45, 2.75) is 6.18 Å². The lowest BCUT2D eigenvalue weighted by atomic mass is 10.0. The van der Waals surface area contributed by atoms with E-state index >= 15 is 0 Å². The maximum atomic E-state index is 13.1. The predicted molar refractivity (Wildman–Crippen MR) is 80.4 cm³/mol. The molecule has 0 amide bonds. The first-order chi connectivity index (χ1) is 10.6. The average Bonchev–Trinajstić information content (AvgIpc) is 2.55. The molecule has 0 bridgehead atoms. The van der Waals surface area contributed by atoms with E-state index in [2.05, 4.69) is 10.3 Å². The van der Waals surface area contributed by atoms with Gasteiger partial charge in [-0.3, -0.25) is 4.99 Å². The van der Waals surface area contributed by atoms with E-state index in [1.807, 2.05) is 30.3 Å². The SMILES string of the molecule is FC(F)(F)c1ccccc1C1=CC(c2ccccc2)=NCN1. The number of rotatable bonds is 2. The zero-order chi connectivity index (χ0) is 15.6. The monoisotopic (exact) mass is 302 g/mol. The van der Waals surface area contributed by atoms with Crippen molar-refractivity contribution in [3.8, 4) is 0 Å². The maximum absolute atomic E-state index is 13.1. The van der Waals surface area contributed by atoms with Crippen LogP contribution >= 0.6 is 0 Å². The van der Waals surface area contributed by atoms with E-state index < -0.39 is 11.7 Å². The third kappa shape index (κ3) is 2.88. The molecule has 0 saturated heterocycles. The quantitative estimate of drug-likeness (QED) is 0.887. The summed E-state index contributed by atoms with van der Waals surface area (Å²) in [5.74, 6) is 0. The van der Waals surface area contributed by atoms with Crippen LogP contribution in [0.25, 0.3) is 5.70 Å². The Balaban J connectivity index is 2.03. The Morgan fingerprint density at radius 2 is 1.59 bits per heavy atom. The molecule has 0 atom stereocenters. The van der Waals surface area contributed by atoms with Crippen molar-refractivity contribution in [2.75, 3.05) is 6.67 Å². The van der Waals surface area contributed by atoms with Gasteiger partial charge in [-0.05, 0) is 17.7 Å². The molecule has 2 aromatic rings. The Morgan fingerprint density at radius 3 is 2.32 bits per heavy atom. The van der Waals surface area contributed by atoms with E-state index in [-0.39, 0.29) is 12.2 Å². The minimum atomic E-state index is -4.39. The normalized spacial score (nSPS) is 14.9. The van der Waals surface area contributed by atoms with Gasteiger partial charge in [-0.2, -0.15) is 13.2 Å². The van der Waals surface area contributed by atoms with Gasteiger partial charge in [0.05, 0.1) is 11.3 Å². The smallest absolute Gasteiger partial charge is 0.366 e. The Hall–Kier alpha value is -2.56. The summed E-state index contributed by atoms with van der Waals surface area (Å²) in [6.07, 6.45) is -2.73. The number of halogens is 3. The number of aliphatic imine (C=N–C) groups is 1. The van der Waals surface area contributed by atoms with Crippen molar-refractivity contribution in [3.63, 3.8) is 0 Å². The predicted octanol–water partition coefficient (Wildman–Crippen LogP) is 4.10. The van der Waals surface area contributed by atoms with E-state index in [0.29, 0.717) is 11.4 Å². The second-order valence-electron chi connectivity index (χ2n) is 4.85. The molecule has 0 fully saturated rings. The van der Waals surface area contributed by atoms with Crippen molar-refractivity contribution in [1.29, 1.82) is 0 Å². The summed E-state index contributed by atoms with van der Waals surface area (Å²) < 4.78 is 39.4. The van der Waals surface area contributed by atoms with Gasteiger partial charge < -0.3 is 5.32 Å². The first-order valence-corrected chi connectivity index (χ1v) is 6.78. The Morgan fingerprint density at radius 1 is 0.909 bits per heavy atom. The van der Waals surface area contributed by atoms with Crippen LogP contribution in [0.5, 0.6) is 0 Å². The highest BCUT2D eigenvalue weighted by molar-refractivity contribution is 6.12. The van der Waals surface area contributed by atoms with Gasteiger partial charge in [0, 0.05) is 11.3 Å². The molecule has 2 nitrogen and oxygen atoms in total. The number of nitrogens with one attached hydrogen (secondary N) is 1. The van der Waals surface area contributed by atoms with E-state index in [1.54, 1.807) is 12.1 Å². The fourth-order valence-electron chi connectivity index (χ4n) is 2.36. The fraction of sp³-hybridized carbons (Fsp3) is 0.118. The van der Waals surface area contributed by atoms with Crippen LogP contribution in [-0.4, -0.2) is 12.4 Å². The maximum Gasteiger partial charge on any atom is 0.417 e. The van der Waals surface area contributed by atoms with Crippen LogP contribution in [0.4, 0.5) is 13.2 Å². The molecular weight excluding hydrogens is 289 g/mol. The molecular formula is C17H13F3N2. The Bertz CT molecular complexity index is 731. The minimum Gasteiger partial charge on any atom is -0.366 e. The standard InChI is InChI=1S/C17H13F3N2/c18-17(19,20)14-9-5-4-8-13(14)16-10-15(21-11-22-16)12-6-2-1-3-7-12/h1-10,22H,11H2. The van der Waals surface area contributed by atoms with Crippen LogP contribution in [0.15, 0.2) is 65.7 Å². The van der Waals surface area contributed by atoms with Crippen LogP contribution in [0.3, 0.4) is 0 Å². The van der Waals surface area contributed by atoms with Gasteiger partial charge >= 0.3 is 6.18 Å². The van der Waals surface area contributed by atoms with Gasteiger partial charge in [0.25, 0.3) is 0 Å². The van der Waals surface area contributed by atoms with Crippen molar-refractivity contribution in [3.05, 3.63) is 77.4 Å². The summed E-state index contributed by atoms with van der Waals surface area (Å²) in [6.45, 7) is 0.252. The van der Waals surface area contributed by atoms with Crippen LogP contribution in [0.2, 0.25) is 0 Å². The number of allylic oxidation sites excluding steroid dienone is 1. The second-order valence-corrected chi connectivity index (χ2v) is 4.85. The molecule has 5 heteroatoms. The third-order valence-corrected chi connectivity index (χ3v) is 3.39. The fourth-order valence-corrected chi connectivity index (χ4v) is 2.36. The summed E-state index contributed by atoms with van der Waals surface area (Å²) in [5.41, 5.74) is 1.47. The largest absolute Gasteiger partial charge is 0.417 e. The second kappa shape index (κ2) is 5.67. The summed E-state index contributed by atoms with van der Waals surface area (Å²) in [6, 6.07) is 14.9. The molecule has 1 aliphatic heterocycles. The van der Waals surface area contributed by atoms with E-state index in [1.165, 1.54) is 12.1 Å². The molecule has 1 heterocycles. The Labute approximate surface area is 126 Å². The summed E-state index contributed by atoms with van der Waals surface area (Å²) in [4.78, 5) is 4.32. The van der Waals surface area contributed by atoms with Crippen molar-refractivity contribution < 1.29 is 13.2 Å². The van der Waals surface area contributed by atoms with Crippen molar-refractivity contribution >= 4 is 11.4 Å². The van der Waals surface area contributed by atoms with Gasteiger partial charge in [0.2, 0.25) is 0 Å². The van der Waals surface area contributed by atoms with Gasteiger partial charge in [-0.25, -0.2) is 0 Å². The van der Waals surface area contributed by atoms with E-state index in [4.69, 9.17) is 0 Å². The van der Waals surface area contributed by atoms with E-state index in [9.17, 15) is 13.2 Å². The number of hydrogen-bond acceptors (Lipinski definition) is 2. The third-order valence-electron chi connectivity index (χ3n) is 3.39. The molecule has 0 saturated carbocycles. The molecule has 0 radical (unpaired) electrons. The van der Waals surface area contributed by atoms with E-state index in [0.717, 1.165) is 11.6 Å². The molecule has 0 aromatic heterocycles. The van der Waals surface area contributed by atoms with Crippen LogP contribution < -0.4 is 5.32 Å². The van der Waals surface area contributed by atoms with Crippen LogP contribution in [0.1, 0.15) is 16.7 Å². The molecule has 2 aromatic carbocycles. The zero-order valence-corrected chi connectivity index (χ0v) is 11.6. The van der Waals surface area contributed by atoms with Gasteiger partial charge in [0.1, 0.15) is 6.67 Å². The highest BCUT2D eigenvalue weighted by Crippen LogP contribution is 2.34. The zero-order valence-electron chi connectivity index (χ0n) is 11.6. The molecule has 1 N–H and O–H groups in total. The molecule has 0 spiro atoms. The average molecular weight is 302 g/mol. The molecule has 22 heavy (non-hydrogen) atoms. The topological polar surface area (TPSA) is 24.4 Å². The van der Waals surface area contributed by atoms with Crippen LogP contribution in [-0.2, 0) is 6.18 Å². The lowest BCUT2D eigenvalue weighted by Gasteiger charge is -2.19. The van der Waals surface area contributed by atoms with Crippen LogP contribution in [0, 0.1) is 0 Å². The highest BCUT2D eigenvalue weighted by Gasteiger charge is 2.34. The Kier molecular flexibility index (Phi) is 3.71. The first-order valence-electron chi connectivity index (χ1n) is 6.78. The van der Waals surface area contributed by atoms with Crippen molar-refractivity contribution in [1.82, 2.24) is 5.32 Å². The van der Waals surface area contributed by atoms with Crippen molar-refractivity contribution in [2.24, 2.45) is 4.99 Å². The molecule has 3 rings (SSSR count). The molecule has 0 aliphatic carbocycles. The summed E-state index contributed by atoms with van der Waals surface area (Å²) in [7, 11) is 0. The number of hydrogen-bond donors (Lipinski definition) is 1. The molecule has 112 valence electrons. The number of nitrogens with zero attached hydrogens (tertiary/aromatic N) is 1. The summed E-state index contributed by atoms with van der Waals surface area (Å²) in [5, 5.41) is 2.92. The number of benzene rings is 2. The lowest BCUT2D eigenvalue weighted by Crippen LogP contribution is -2.22. The molecule has 1 aliphatic rings. The summed E-state index contributed by atoms with van der Waals surface area (Å²) >= 11 is 0. The van der Waals surface area contributed by atoms with Gasteiger partial charge in [-0.15, -0.1) is 0 Å². The first kappa shape index (κ1) is 14.4. The highest BCUT2D eigenvalue weighted by atomic mass is 19.4.